The van der Waals surface area contributed by atoms with Crippen molar-refractivity contribution < 1.29 is 9.13 Å². The molecule has 1 aromatic carbocycles. The Labute approximate surface area is 106 Å². The van der Waals surface area contributed by atoms with Gasteiger partial charge in [-0.1, -0.05) is 12.8 Å². The van der Waals surface area contributed by atoms with E-state index in [1.165, 1.54) is 12.1 Å². The van der Waals surface area contributed by atoms with Gasteiger partial charge in [-0.2, -0.15) is 5.26 Å². The first-order chi connectivity index (χ1) is 8.27. The fraction of sp³-hybridized carbons (Fsp3) is 0.462. The molecule has 0 aliphatic rings. The molecule has 0 aliphatic heterocycles. The monoisotopic (exact) mass is 255 g/mol. The van der Waals surface area contributed by atoms with E-state index in [2.05, 4.69) is 0 Å². The van der Waals surface area contributed by atoms with E-state index in [1.807, 2.05) is 0 Å². The van der Waals surface area contributed by atoms with E-state index in [1.54, 1.807) is 12.1 Å². The van der Waals surface area contributed by atoms with Crippen molar-refractivity contribution in [3.05, 3.63) is 29.6 Å². The van der Waals surface area contributed by atoms with Gasteiger partial charge in [-0.3, -0.25) is 0 Å². The molecular weight excluding hydrogens is 241 g/mol. The molecule has 17 heavy (non-hydrogen) atoms. The highest BCUT2D eigenvalue weighted by Gasteiger charge is 2.02. The van der Waals surface area contributed by atoms with Crippen molar-refractivity contribution in [2.75, 3.05) is 12.5 Å². The van der Waals surface area contributed by atoms with Crippen LogP contribution in [0.1, 0.15) is 31.2 Å². The highest BCUT2D eigenvalue weighted by atomic mass is 35.5. The van der Waals surface area contributed by atoms with Gasteiger partial charge in [-0.05, 0) is 25.0 Å². The topological polar surface area (TPSA) is 33.0 Å². The molecule has 0 N–H and O–H groups in total. The van der Waals surface area contributed by atoms with Crippen LogP contribution < -0.4 is 4.74 Å². The largest absolute Gasteiger partial charge is 0.493 e. The van der Waals surface area contributed by atoms with Crippen molar-refractivity contribution in [2.45, 2.75) is 25.7 Å². The molecule has 0 atom stereocenters. The molecule has 0 aliphatic carbocycles. The lowest BCUT2D eigenvalue weighted by molar-refractivity contribution is 0.303. The minimum atomic E-state index is -0.535. The Bertz CT molecular complexity index is 389. The van der Waals surface area contributed by atoms with Gasteiger partial charge in [0.1, 0.15) is 17.6 Å². The summed E-state index contributed by atoms with van der Waals surface area (Å²) in [5.74, 6) is 0.632. The Morgan fingerprint density at radius 2 is 2.00 bits per heavy atom. The SMILES string of the molecule is N#Cc1ccc(OCCCCCCCl)cc1F. The number of ether oxygens (including phenoxy) is 1. The van der Waals surface area contributed by atoms with Crippen LogP contribution in [0.15, 0.2) is 18.2 Å². The van der Waals surface area contributed by atoms with Crippen LogP contribution in [0.3, 0.4) is 0 Å². The van der Waals surface area contributed by atoms with E-state index in [0.29, 0.717) is 18.2 Å². The molecule has 0 bridgehead atoms. The van der Waals surface area contributed by atoms with E-state index in [0.717, 1.165) is 25.7 Å². The maximum atomic E-state index is 13.2. The smallest absolute Gasteiger partial charge is 0.144 e. The number of nitriles is 1. The van der Waals surface area contributed by atoms with Crippen LogP contribution in [0.25, 0.3) is 0 Å². The summed E-state index contributed by atoms with van der Waals surface area (Å²) in [5.41, 5.74) is 0.0412. The summed E-state index contributed by atoms with van der Waals surface area (Å²) in [6.45, 7) is 0.563. The van der Waals surface area contributed by atoms with Gasteiger partial charge in [0, 0.05) is 11.9 Å². The molecule has 0 fully saturated rings. The third-order valence-electron chi connectivity index (χ3n) is 2.36. The number of nitrogens with zero attached hydrogens (tertiary/aromatic N) is 1. The summed E-state index contributed by atoms with van der Waals surface area (Å²) >= 11 is 5.56. The Balaban J connectivity index is 2.28. The van der Waals surface area contributed by atoms with Crippen LogP contribution in [0, 0.1) is 17.1 Å². The second-order valence-corrected chi connectivity index (χ2v) is 4.08. The maximum absolute atomic E-state index is 13.2. The first-order valence-corrected chi connectivity index (χ1v) is 6.20. The molecule has 0 heterocycles. The summed E-state index contributed by atoms with van der Waals surface area (Å²) in [7, 11) is 0. The van der Waals surface area contributed by atoms with Gasteiger partial charge in [-0.25, -0.2) is 4.39 Å². The van der Waals surface area contributed by atoms with Crippen molar-refractivity contribution in [1.82, 2.24) is 0 Å². The maximum Gasteiger partial charge on any atom is 0.144 e. The van der Waals surface area contributed by atoms with E-state index in [4.69, 9.17) is 21.6 Å². The second kappa shape index (κ2) is 7.92. The molecule has 1 aromatic rings. The van der Waals surface area contributed by atoms with Crippen LogP contribution >= 0.6 is 11.6 Å². The van der Waals surface area contributed by atoms with Crippen LogP contribution in [0.2, 0.25) is 0 Å². The molecule has 0 saturated heterocycles. The van der Waals surface area contributed by atoms with Crippen molar-refractivity contribution in [3.63, 3.8) is 0 Å². The van der Waals surface area contributed by atoms with Crippen LogP contribution in [0.5, 0.6) is 5.75 Å². The molecule has 0 saturated carbocycles. The number of rotatable bonds is 7. The molecule has 4 heteroatoms. The van der Waals surface area contributed by atoms with Crippen LogP contribution in [-0.4, -0.2) is 12.5 Å². The fourth-order valence-corrected chi connectivity index (χ4v) is 1.61. The van der Waals surface area contributed by atoms with E-state index >= 15 is 0 Å². The molecule has 0 amide bonds. The fourth-order valence-electron chi connectivity index (χ4n) is 1.42. The molecular formula is C13H15ClFNO. The van der Waals surface area contributed by atoms with Crippen molar-refractivity contribution in [2.24, 2.45) is 0 Å². The summed E-state index contributed by atoms with van der Waals surface area (Å²) in [6, 6.07) is 6.06. The normalized spacial score (nSPS) is 9.94. The Kier molecular flexibility index (Phi) is 6.42. The lowest BCUT2D eigenvalue weighted by Crippen LogP contribution is -1.98. The van der Waals surface area contributed by atoms with E-state index in [-0.39, 0.29) is 5.56 Å². The first-order valence-electron chi connectivity index (χ1n) is 5.66. The van der Waals surface area contributed by atoms with Crippen molar-refractivity contribution >= 4 is 11.6 Å². The Hall–Kier alpha value is -1.27. The number of benzene rings is 1. The van der Waals surface area contributed by atoms with Crippen LogP contribution in [-0.2, 0) is 0 Å². The zero-order valence-electron chi connectivity index (χ0n) is 9.59. The highest BCUT2D eigenvalue weighted by molar-refractivity contribution is 6.17. The zero-order chi connectivity index (χ0) is 12.5. The van der Waals surface area contributed by atoms with Gasteiger partial charge < -0.3 is 4.74 Å². The Morgan fingerprint density at radius 3 is 2.65 bits per heavy atom. The highest BCUT2D eigenvalue weighted by Crippen LogP contribution is 2.16. The first kappa shape index (κ1) is 13.8. The third kappa shape index (κ3) is 5.06. The zero-order valence-corrected chi connectivity index (χ0v) is 10.3. The third-order valence-corrected chi connectivity index (χ3v) is 2.62. The number of alkyl halides is 1. The second-order valence-electron chi connectivity index (χ2n) is 3.71. The minimum Gasteiger partial charge on any atom is -0.493 e. The minimum absolute atomic E-state index is 0.0412. The van der Waals surface area contributed by atoms with Crippen molar-refractivity contribution in [3.8, 4) is 11.8 Å². The number of unbranched alkanes of at least 4 members (excludes halogenated alkanes) is 3. The van der Waals surface area contributed by atoms with Gasteiger partial charge in [0.15, 0.2) is 0 Å². The van der Waals surface area contributed by atoms with Gasteiger partial charge >= 0.3 is 0 Å². The van der Waals surface area contributed by atoms with Gasteiger partial charge in [0.2, 0.25) is 0 Å². The van der Waals surface area contributed by atoms with E-state index in [9.17, 15) is 4.39 Å². The van der Waals surface area contributed by atoms with Crippen molar-refractivity contribution in [1.29, 1.82) is 5.26 Å². The van der Waals surface area contributed by atoms with Crippen LogP contribution in [0.4, 0.5) is 4.39 Å². The summed E-state index contributed by atoms with van der Waals surface area (Å²) in [6.07, 6.45) is 4.10. The molecule has 2 nitrogen and oxygen atoms in total. The molecule has 0 spiro atoms. The molecule has 92 valence electrons. The summed E-state index contributed by atoms with van der Waals surface area (Å²) in [5, 5.41) is 8.56. The molecule has 1 rings (SSSR count). The van der Waals surface area contributed by atoms with E-state index < -0.39 is 5.82 Å². The molecule has 0 aromatic heterocycles. The summed E-state index contributed by atoms with van der Waals surface area (Å²) < 4.78 is 18.6. The standard InChI is InChI=1S/C13H15ClFNO/c14-7-3-1-2-4-8-17-12-6-5-11(10-16)13(15)9-12/h5-6,9H,1-4,7-8H2. The average molecular weight is 256 g/mol. The summed E-state index contributed by atoms with van der Waals surface area (Å²) in [4.78, 5) is 0. The van der Waals surface area contributed by atoms with Gasteiger partial charge in [0.25, 0.3) is 0 Å². The predicted octanol–water partition coefficient (Wildman–Crippen LogP) is 3.88. The number of hydrogen-bond donors (Lipinski definition) is 0. The Morgan fingerprint density at radius 1 is 1.24 bits per heavy atom. The number of halogens is 2. The molecule has 0 unspecified atom stereocenters. The van der Waals surface area contributed by atoms with Gasteiger partial charge in [0.05, 0.1) is 12.2 Å². The van der Waals surface area contributed by atoms with Gasteiger partial charge in [-0.15, -0.1) is 11.6 Å². The number of hydrogen-bond acceptors (Lipinski definition) is 2. The average Bonchev–Trinajstić information content (AvgIpc) is 2.34. The predicted molar refractivity (Wildman–Crippen MR) is 65.8 cm³/mol. The lowest BCUT2D eigenvalue weighted by Gasteiger charge is -2.06. The quantitative estimate of drug-likeness (QED) is 0.547. The molecule has 0 radical (unpaired) electrons. The lowest BCUT2D eigenvalue weighted by atomic mass is 10.2.